The summed E-state index contributed by atoms with van der Waals surface area (Å²) in [6, 6.07) is -1.94. The molecule has 0 radical (unpaired) electrons. The molecule has 2 amide bonds. The molecule has 1 fully saturated rings. The second kappa shape index (κ2) is 6.69. The predicted octanol–water partition coefficient (Wildman–Crippen LogP) is 2.73. The van der Waals surface area contributed by atoms with E-state index < -0.39 is 41.5 Å². The molecule has 1 aromatic carbocycles. The summed E-state index contributed by atoms with van der Waals surface area (Å²) in [5, 5.41) is 10.8. The average Bonchev–Trinajstić information content (AvgIpc) is 2.95. The minimum atomic E-state index is -5.00. The maximum Gasteiger partial charge on any atom is 0.413 e. The lowest BCUT2D eigenvalue weighted by atomic mass is 10.1. The fourth-order valence-corrected chi connectivity index (χ4v) is 2.58. The van der Waals surface area contributed by atoms with Crippen LogP contribution in [0.1, 0.15) is 24.4 Å². The first kappa shape index (κ1) is 17.5. The quantitative estimate of drug-likeness (QED) is 0.833. The lowest BCUT2D eigenvalue weighted by molar-refractivity contribution is -0.156. The number of halogens is 5. The van der Waals surface area contributed by atoms with E-state index in [4.69, 9.17) is 5.11 Å². The van der Waals surface area contributed by atoms with E-state index in [9.17, 15) is 26.7 Å². The highest BCUT2D eigenvalue weighted by atomic mass is 19.4. The van der Waals surface area contributed by atoms with Gasteiger partial charge in [-0.3, -0.25) is 0 Å². The number of likely N-dealkylation sites (tertiary alicyclic amines) is 1. The van der Waals surface area contributed by atoms with Crippen LogP contribution in [-0.2, 0) is 0 Å². The first-order valence-electron chi connectivity index (χ1n) is 6.94. The molecule has 1 saturated heterocycles. The summed E-state index contributed by atoms with van der Waals surface area (Å²) in [5.41, 5.74) is -0.995. The fourth-order valence-electron chi connectivity index (χ4n) is 2.58. The minimum absolute atomic E-state index is 0.188. The first-order valence-corrected chi connectivity index (χ1v) is 6.94. The van der Waals surface area contributed by atoms with Crippen molar-refractivity contribution in [3.05, 3.63) is 35.4 Å². The van der Waals surface area contributed by atoms with Crippen LogP contribution in [0.15, 0.2) is 18.2 Å². The first-order chi connectivity index (χ1) is 10.8. The van der Waals surface area contributed by atoms with E-state index in [0.29, 0.717) is 18.9 Å². The molecule has 4 nitrogen and oxygen atoms in total. The molecule has 0 aliphatic carbocycles. The number of amides is 2. The number of hydrogen-bond donors (Lipinski definition) is 2. The van der Waals surface area contributed by atoms with Crippen molar-refractivity contribution in [2.75, 3.05) is 13.2 Å². The Hall–Kier alpha value is -1.90. The number of aliphatic hydroxyl groups is 1. The zero-order chi connectivity index (χ0) is 17.2. The number of rotatable bonds is 3. The van der Waals surface area contributed by atoms with Crippen molar-refractivity contribution in [1.29, 1.82) is 0 Å². The molecule has 1 aliphatic heterocycles. The number of benzene rings is 1. The van der Waals surface area contributed by atoms with E-state index in [-0.39, 0.29) is 13.2 Å². The highest BCUT2D eigenvalue weighted by molar-refractivity contribution is 5.75. The standard InChI is InChI=1S/C14H15F5N2O2/c15-10-5-1-4-9(11(10)16)12(14(17,18)19)20-13(23)21-6-2-3-8(21)7-22/h1,4-5,8,12,22H,2-3,6-7H2,(H,20,23)/t8-,12+/m1/s1. The van der Waals surface area contributed by atoms with Gasteiger partial charge in [-0.2, -0.15) is 13.2 Å². The van der Waals surface area contributed by atoms with Crippen LogP contribution in [0.2, 0.25) is 0 Å². The van der Waals surface area contributed by atoms with Gasteiger partial charge in [0.05, 0.1) is 12.6 Å². The third-order valence-electron chi connectivity index (χ3n) is 3.74. The molecular weight excluding hydrogens is 323 g/mol. The van der Waals surface area contributed by atoms with Crippen LogP contribution in [0, 0.1) is 11.6 Å². The Morgan fingerprint density at radius 1 is 1.39 bits per heavy atom. The molecule has 0 bridgehead atoms. The maximum atomic E-state index is 13.7. The van der Waals surface area contributed by atoms with Crippen molar-refractivity contribution >= 4 is 6.03 Å². The zero-order valence-corrected chi connectivity index (χ0v) is 11.9. The number of hydrogen-bond acceptors (Lipinski definition) is 2. The SMILES string of the molecule is O=C(N[C@@H](c1cccc(F)c1F)C(F)(F)F)N1CCC[C@@H]1CO. The van der Waals surface area contributed by atoms with E-state index in [1.807, 2.05) is 0 Å². The molecular formula is C14H15F5N2O2. The lowest BCUT2D eigenvalue weighted by Crippen LogP contribution is -2.48. The summed E-state index contributed by atoms with van der Waals surface area (Å²) in [4.78, 5) is 13.1. The van der Waals surface area contributed by atoms with Gasteiger partial charge in [0.25, 0.3) is 0 Å². The second-order valence-corrected chi connectivity index (χ2v) is 5.24. The number of carbonyl (C=O) groups excluding carboxylic acids is 1. The summed E-state index contributed by atoms with van der Waals surface area (Å²) in [5.74, 6) is -3.09. The highest BCUT2D eigenvalue weighted by Gasteiger charge is 2.45. The van der Waals surface area contributed by atoms with Crippen LogP contribution >= 0.6 is 0 Å². The van der Waals surface area contributed by atoms with Crippen molar-refractivity contribution in [2.24, 2.45) is 0 Å². The Labute approximate surface area is 128 Å². The van der Waals surface area contributed by atoms with Crippen LogP contribution in [-0.4, -0.2) is 41.4 Å². The number of carbonyl (C=O) groups is 1. The van der Waals surface area contributed by atoms with E-state index in [1.165, 1.54) is 0 Å². The van der Waals surface area contributed by atoms with Gasteiger partial charge in [-0.25, -0.2) is 13.6 Å². The Morgan fingerprint density at radius 3 is 2.70 bits per heavy atom. The van der Waals surface area contributed by atoms with Crippen molar-refractivity contribution in [3.8, 4) is 0 Å². The molecule has 1 aliphatic rings. The van der Waals surface area contributed by atoms with Crippen LogP contribution in [0.5, 0.6) is 0 Å². The summed E-state index contributed by atoms with van der Waals surface area (Å²) in [6.45, 7) is -0.189. The number of aliphatic hydroxyl groups excluding tert-OH is 1. The van der Waals surface area contributed by atoms with Gasteiger partial charge in [0.15, 0.2) is 17.7 Å². The number of alkyl halides is 3. The normalized spacial score (nSPS) is 19.7. The van der Waals surface area contributed by atoms with Gasteiger partial charge >= 0.3 is 12.2 Å². The lowest BCUT2D eigenvalue weighted by Gasteiger charge is -2.28. The third kappa shape index (κ3) is 3.72. The average molecular weight is 338 g/mol. The van der Waals surface area contributed by atoms with Gasteiger partial charge in [-0.1, -0.05) is 12.1 Å². The molecule has 9 heteroatoms. The largest absolute Gasteiger partial charge is 0.413 e. The molecule has 0 unspecified atom stereocenters. The smallest absolute Gasteiger partial charge is 0.394 e. The van der Waals surface area contributed by atoms with Crippen molar-refractivity contribution in [1.82, 2.24) is 10.2 Å². The van der Waals surface area contributed by atoms with Crippen molar-refractivity contribution in [2.45, 2.75) is 31.1 Å². The topological polar surface area (TPSA) is 52.6 Å². The van der Waals surface area contributed by atoms with Gasteiger partial charge in [0.1, 0.15) is 0 Å². The molecule has 128 valence electrons. The summed E-state index contributed by atoms with van der Waals surface area (Å²) in [7, 11) is 0. The van der Waals surface area contributed by atoms with Gasteiger partial charge in [0, 0.05) is 12.1 Å². The predicted molar refractivity (Wildman–Crippen MR) is 70.5 cm³/mol. The zero-order valence-electron chi connectivity index (χ0n) is 11.9. The Morgan fingerprint density at radius 2 is 2.09 bits per heavy atom. The Kier molecular flexibility index (Phi) is 5.08. The van der Waals surface area contributed by atoms with E-state index >= 15 is 0 Å². The van der Waals surface area contributed by atoms with Crippen LogP contribution in [0.4, 0.5) is 26.7 Å². The van der Waals surface area contributed by atoms with Crippen LogP contribution in [0.3, 0.4) is 0 Å². The van der Waals surface area contributed by atoms with E-state index in [2.05, 4.69) is 0 Å². The summed E-state index contributed by atoms with van der Waals surface area (Å²) < 4.78 is 66.4. The van der Waals surface area contributed by atoms with Crippen LogP contribution < -0.4 is 5.32 Å². The Bertz CT molecular complexity index is 579. The highest BCUT2D eigenvalue weighted by Crippen LogP contribution is 2.35. The van der Waals surface area contributed by atoms with Crippen molar-refractivity contribution in [3.63, 3.8) is 0 Å². The Balaban J connectivity index is 2.27. The summed E-state index contributed by atoms with van der Waals surface area (Å²) in [6.07, 6.45) is -3.99. The van der Waals surface area contributed by atoms with Crippen molar-refractivity contribution < 1.29 is 31.9 Å². The molecule has 0 aromatic heterocycles. The van der Waals surface area contributed by atoms with Crippen LogP contribution in [0.25, 0.3) is 0 Å². The molecule has 1 aromatic rings. The molecule has 1 heterocycles. The summed E-state index contributed by atoms with van der Waals surface area (Å²) >= 11 is 0. The molecule has 0 saturated carbocycles. The monoisotopic (exact) mass is 338 g/mol. The third-order valence-corrected chi connectivity index (χ3v) is 3.74. The number of nitrogens with zero attached hydrogens (tertiary/aromatic N) is 1. The van der Waals surface area contributed by atoms with Gasteiger partial charge in [-0.05, 0) is 18.9 Å². The molecule has 23 heavy (non-hydrogen) atoms. The maximum absolute atomic E-state index is 13.7. The number of urea groups is 1. The van der Waals surface area contributed by atoms with E-state index in [1.54, 1.807) is 5.32 Å². The fraction of sp³-hybridized carbons (Fsp3) is 0.500. The molecule has 2 rings (SSSR count). The van der Waals surface area contributed by atoms with Gasteiger partial charge < -0.3 is 15.3 Å². The molecule has 0 spiro atoms. The van der Waals surface area contributed by atoms with Gasteiger partial charge in [0.2, 0.25) is 0 Å². The number of nitrogens with one attached hydrogen (secondary N) is 1. The molecule has 2 atom stereocenters. The minimum Gasteiger partial charge on any atom is -0.394 e. The second-order valence-electron chi connectivity index (χ2n) is 5.24. The molecule has 2 N–H and O–H groups in total. The van der Waals surface area contributed by atoms with Gasteiger partial charge in [-0.15, -0.1) is 0 Å². The van der Waals surface area contributed by atoms with E-state index in [0.717, 1.165) is 17.0 Å².